The molecule has 1 aliphatic heterocycles. The summed E-state index contributed by atoms with van der Waals surface area (Å²) in [5.74, 6) is 2.94. The minimum atomic E-state index is 0. The monoisotopic (exact) mass is 161 g/mol. The summed E-state index contributed by atoms with van der Waals surface area (Å²) in [5.41, 5.74) is 0. The Kier molecular flexibility index (Phi) is 5.59. The maximum absolute atomic E-state index is 1.70. The van der Waals surface area contributed by atoms with Gasteiger partial charge < -0.3 is 0 Å². The summed E-state index contributed by atoms with van der Waals surface area (Å²) in [4.78, 5) is 0. The van der Waals surface area contributed by atoms with Crippen molar-refractivity contribution in [2.45, 2.75) is 19.3 Å². The minimum Gasteiger partial charge on any atom is -0.0444 e. The molecule has 0 saturated carbocycles. The maximum Gasteiger partial charge on any atom is 2.00 e. The zero-order valence-corrected chi connectivity index (χ0v) is 6.18. The molecule has 0 radical (unpaired) electrons. The van der Waals surface area contributed by atoms with Crippen LogP contribution in [-0.4, -0.2) is 11.5 Å². The van der Waals surface area contributed by atoms with Crippen LogP contribution in [0.4, 0.5) is 0 Å². The van der Waals surface area contributed by atoms with Crippen LogP contribution >= 0.6 is 0 Å². The van der Waals surface area contributed by atoms with Gasteiger partial charge in [-0.2, -0.15) is 0 Å². The van der Waals surface area contributed by atoms with Crippen LogP contribution in [0.2, 0.25) is 0 Å². The van der Waals surface area contributed by atoms with Crippen LogP contribution in [0.5, 0.6) is 0 Å². The zero-order chi connectivity index (χ0) is 4.24. The SMILES string of the molecule is C1CC[SH+]CC1.[Ni+2]. The molecule has 0 aromatic heterocycles. The van der Waals surface area contributed by atoms with E-state index in [1.54, 1.807) is 11.8 Å². The average Bonchev–Trinajstić information content (AvgIpc) is 1.72. The topological polar surface area (TPSA) is 0 Å². The summed E-state index contributed by atoms with van der Waals surface area (Å²) in [6, 6.07) is 0. The van der Waals surface area contributed by atoms with Gasteiger partial charge in [0, 0.05) is 0 Å². The van der Waals surface area contributed by atoms with Gasteiger partial charge in [-0.15, -0.1) is 0 Å². The number of hydrogen-bond acceptors (Lipinski definition) is 0. The summed E-state index contributed by atoms with van der Waals surface area (Å²) in [7, 11) is 0. The molecule has 1 aliphatic rings. The van der Waals surface area contributed by atoms with E-state index in [0.29, 0.717) is 0 Å². The Balaban J connectivity index is 0.000000360. The van der Waals surface area contributed by atoms with Crippen LogP contribution in [-0.2, 0) is 28.3 Å². The smallest absolute Gasteiger partial charge is 0.0444 e. The number of rotatable bonds is 0. The van der Waals surface area contributed by atoms with E-state index >= 15 is 0 Å². The van der Waals surface area contributed by atoms with Crippen LogP contribution in [0, 0.1) is 0 Å². The first-order valence-corrected chi connectivity index (χ1v) is 3.90. The summed E-state index contributed by atoms with van der Waals surface area (Å²) >= 11 is 1.70. The van der Waals surface area contributed by atoms with E-state index in [-0.39, 0.29) is 16.5 Å². The van der Waals surface area contributed by atoms with Crippen molar-refractivity contribution in [3.05, 3.63) is 0 Å². The largest absolute Gasteiger partial charge is 2.00 e. The van der Waals surface area contributed by atoms with E-state index in [1.165, 1.54) is 30.8 Å². The third kappa shape index (κ3) is 3.43. The molecule has 0 nitrogen and oxygen atoms in total. The second-order valence-corrected chi connectivity index (χ2v) is 3.07. The van der Waals surface area contributed by atoms with Crippen molar-refractivity contribution in [2.24, 2.45) is 0 Å². The molecule has 0 amide bonds. The summed E-state index contributed by atoms with van der Waals surface area (Å²) < 4.78 is 0. The average molecular weight is 162 g/mol. The molecule has 0 aromatic rings. The van der Waals surface area contributed by atoms with Crippen LogP contribution < -0.4 is 0 Å². The molecule has 0 aromatic carbocycles. The normalized spacial score (nSPS) is 20.6. The van der Waals surface area contributed by atoms with E-state index in [1.807, 2.05) is 0 Å². The number of thiol groups is 1. The van der Waals surface area contributed by atoms with Gasteiger partial charge in [0.15, 0.2) is 0 Å². The van der Waals surface area contributed by atoms with Gasteiger partial charge in [0.2, 0.25) is 0 Å². The van der Waals surface area contributed by atoms with E-state index in [0.717, 1.165) is 0 Å². The summed E-state index contributed by atoms with van der Waals surface area (Å²) in [5, 5.41) is 0. The van der Waals surface area contributed by atoms with Crippen molar-refractivity contribution in [1.29, 1.82) is 0 Å². The van der Waals surface area contributed by atoms with Crippen molar-refractivity contribution in [3.8, 4) is 0 Å². The molecule has 0 spiro atoms. The Labute approximate surface area is 59.4 Å². The van der Waals surface area contributed by atoms with Crippen LogP contribution in [0.3, 0.4) is 0 Å². The Hall–Kier alpha value is 0.844. The second-order valence-electron chi connectivity index (χ2n) is 1.73. The standard InChI is InChI=1S/C5H10S.Ni/c1-2-4-6-5-3-1;/h1-5H2;/q;+2/p+1. The molecular formula is C5H11NiS+3. The predicted octanol–water partition coefficient (Wildman–Crippen LogP) is 0.983. The molecule has 1 fully saturated rings. The van der Waals surface area contributed by atoms with Crippen molar-refractivity contribution in [1.82, 2.24) is 0 Å². The molecule has 1 rings (SSSR count). The van der Waals surface area contributed by atoms with Gasteiger partial charge in [0.05, 0.1) is 0 Å². The first kappa shape index (κ1) is 7.84. The minimum absolute atomic E-state index is 0. The van der Waals surface area contributed by atoms with Gasteiger partial charge >= 0.3 is 16.5 Å². The van der Waals surface area contributed by atoms with E-state index < -0.39 is 0 Å². The summed E-state index contributed by atoms with van der Waals surface area (Å²) in [6.07, 6.45) is 4.47. The molecule has 0 N–H and O–H groups in total. The van der Waals surface area contributed by atoms with E-state index in [2.05, 4.69) is 0 Å². The maximum atomic E-state index is 1.70. The Morgan fingerprint density at radius 1 is 0.857 bits per heavy atom. The molecule has 1 saturated heterocycles. The van der Waals surface area contributed by atoms with Gasteiger partial charge in [0.25, 0.3) is 0 Å². The summed E-state index contributed by atoms with van der Waals surface area (Å²) in [6.45, 7) is 0. The van der Waals surface area contributed by atoms with Crippen LogP contribution in [0.25, 0.3) is 0 Å². The van der Waals surface area contributed by atoms with Gasteiger partial charge in [-0.1, -0.05) is 0 Å². The van der Waals surface area contributed by atoms with Gasteiger partial charge in [-0.05, 0) is 31.0 Å². The fourth-order valence-corrected chi connectivity index (χ4v) is 1.85. The van der Waals surface area contributed by atoms with Gasteiger partial charge in [-0.3, -0.25) is 0 Å². The van der Waals surface area contributed by atoms with Crippen LogP contribution in [0.15, 0.2) is 0 Å². The molecule has 0 bridgehead atoms. The van der Waals surface area contributed by atoms with Gasteiger partial charge in [-0.25, -0.2) is 0 Å². The first-order valence-electron chi connectivity index (χ1n) is 2.63. The van der Waals surface area contributed by atoms with Crippen molar-refractivity contribution in [3.63, 3.8) is 0 Å². The molecular weight excluding hydrogens is 151 g/mol. The van der Waals surface area contributed by atoms with E-state index in [4.69, 9.17) is 0 Å². The van der Waals surface area contributed by atoms with Crippen molar-refractivity contribution in [2.75, 3.05) is 11.5 Å². The molecule has 7 heavy (non-hydrogen) atoms. The van der Waals surface area contributed by atoms with Gasteiger partial charge in [0.1, 0.15) is 11.5 Å². The molecule has 0 unspecified atom stereocenters. The molecule has 0 atom stereocenters. The van der Waals surface area contributed by atoms with E-state index in [9.17, 15) is 0 Å². The third-order valence-electron chi connectivity index (χ3n) is 1.13. The first-order chi connectivity index (χ1) is 3.00. The van der Waals surface area contributed by atoms with Crippen LogP contribution in [0.1, 0.15) is 19.3 Å². The van der Waals surface area contributed by atoms with Crippen molar-refractivity contribution >= 4 is 11.8 Å². The zero-order valence-electron chi connectivity index (χ0n) is 4.30. The molecule has 0 aliphatic carbocycles. The van der Waals surface area contributed by atoms with Crippen molar-refractivity contribution < 1.29 is 16.5 Å². The fraction of sp³-hybridized carbons (Fsp3) is 1.00. The predicted molar refractivity (Wildman–Crippen MR) is 32.3 cm³/mol. The quantitative estimate of drug-likeness (QED) is 0.283. The Morgan fingerprint density at radius 2 is 1.43 bits per heavy atom. The molecule has 2 heteroatoms. The number of hydrogen-bond donors (Lipinski definition) is 0. The molecule has 44 valence electrons. The Morgan fingerprint density at radius 3 is 1.57 bits per heavy atom. The molecule has 1 heterocycles. The third-order valence-corrected chi connectivity index (χ3v) is 2.40. The second kappa shape index (κ2) is 4.99. The fourth-order valence-electron chi connectivity index (χ4n) is 0.736. The Bertz CT molecular complexity index is 23.6.